The minimum Gasteiger partial charge on any atom is -0.457 e. The first-order chi connectivity index (χ1) is 11.8. The Hall–Kier alpha value is -1.82. The molecule has 2 N–H and O–H groups in total. The van der Waals surface area contributed by atoms with Crippen LogP contribution in [0.5, 0.6) is 11.5 Å². The van der Waals surface area contributed by atoms with Crippen molar-refractivity contribution < 1.29 is 9.53 Å². The minimum absolute atomic E-state index is 0. The van der Waals surface area contributed by atoms with Crippen molar-refractivity contribution in [3.63, 3.8) is 0 Å². The number of anilines is 1. The minimum atomic E-state index is 0. The maximum atomic E-state index is 12.1. The van der Waals surface area contributed by atoms with Gasteiger partial charge in [0.2, 0.25) is 5.91 Å². The van der Waals surface area contributed by atoms with E-state index in [0.29, 0.717) is 18.1 Å². The van der Waals surface area contributed by atoms with E-state index in [1.54, 1.807) is 24.5 Å². The van der Waals surface area contributed by atoms with E-state index in [0.717, 1.165) is 30.9 Å². The van der Waals surface area contributed by atoms with Crippen molar-refractivity contribution in [1.29, 1.82) is 0 Å². The molecule has 3 rings (SSSR count). The number of benzene rings is 1. The second-order valence-electron chi connectivity index (χ2n) is 6.09. The summed E-state index contributed by atoms with van der Waals surface area (Å²) in [5.74, 6) is 2.14. The number of nitrogens with zero attached hydrogens (tertiary/aromatic N) is 1. The number of hydrogen-bond donors (Lipinski definition) is 2. The van der Waals surface area contributed by atoms with E-state index in [1.807, 2.05) is 24.3 Å². The molecule has 0 bridgehead atoms. The van der Waals surface area contributed by atoms with Crippen molar-refractivity contribution >= 4 is 36.4 Å². The monoisotopic (exact) mass is 397 g/mol. The van der Waals surface area contributed by atoms with Crippen LogP contribution in [0.15, 0.2) is 48.8 Å². The summed E-state index contributed by atoms with van der Waals surface area (Å²) in [5.41, 5.74) is 0.761. The third-order valence-corrected chi connectivity index (χ3v) is 4.24. The number of nitrogens with one attached hydrogen (secondary N) is 2. The zero-order valence-corrected chi connectivity index (χ0v) is 16.2. The summed E-state index contributed by atoms with van der Waals surface area (Å²) in [4.78, 5) is 16.1. The van der Waals surface area contributed by atoms with Gasteiger partial charge < -0.3 is 15.4 Å². The molecule has 1 aromatic carbocycles. The summed E-state index contributed by atoms with van der Waals surface area (Å²) >= 11 is 0. The lowest BCUT2D eigenvalue weighted by atomic mass is 9.93. The summed E-state index contributed by atoms with van der Waals surface area (Å²) in [7, 11) is 0. The Morgan fingerprint density at radius 3 is 2.58 bits per heavy atom. The maximum Gasteiger partial charge on any atom is 0.224 e. The number of ether oxygens (including phenoxy) is 1. The number of piperidine rings is 1. The van der Waals surface area contributed by atoms with Gasteiger partial charge in [0.05, 0.1) is 0 Å². The highest BCUT2D eigenvalue weighted by Gasteiger charge is 2.14. The van der Waals surface area contributed by atoms with Crippen molar-refractivity contribution in [3.05, 3.63) is 48.8 Å². The second-order valence-corrected chi connectivity index (χ2v) is 6.09. The van der Waals surface area contributed by atoms with Gasteiger partial charge in [-0.3, -0.25) is 9.78 Å². The van der Waals surface area contributed by atoms with E-state index < -0.39 is 0 Å². The number of pyridine rings is 1. The molecule has 26 heavy (non-hydrogen) atoms. The molecule has 7 heteroatoms. The first-order valence-corrected chi connectivity index (χ1v) is 8.48. The summed E-state index contributed by atoms with van der Waals surface area (Å²) in [6.07, 6.45) is 7.23. The van der Waals surface area contributed by atoms with E-state index in [4.69, 9.17) is 4.74 Å². The second kappa shape index (κ2) is 11.7. The first-order valence-electron chi connectivity index (χ1n) is 8.48. The largest absolute Gasteiger partial charge is 0.457 e. The average Bonchev–Trinajstić information content (AvgIpc) is 2.62. The highest BCUT2D eigenvalue weighted by atomic mass is 35.5. The van der Waals surface area contributed by atoms with Crippen LogP contribution < -0.4 is 15.4 Å². The molecule has 0 aliphatic carbocycles. The van der Waals surface area contributed by atoms with Crippen LogP contribution in [-0.2, 0) is 4.79 Å². The molecule has 0 saturated carbocycles. The lowest BCUT2D eigenvalue weighted by Gasteiger charge is -2.22. The van der Waals surface area contributed by atoms with Crippen LogP contribution in [0, 0.1) is 5.92 Å². The molecular weight excluding hydrogens is 373 g/mol. The molecule has 0 unspecified atom stereocenters. The molecule has 1 aliphatic heterocycles. The van der Waals surface area contributed by atoms with Crippen molar-refractivity contribution in [3.8, 4) is 11.5 Å². The molecule has 1 fully saturated rings. The van der Waals surface area contributed by atoms with Gasteiger partial charge >= 0.3 is 0 Å². The van der Waals surface area contributed by atoms with Crippen molar-refractivity contribution in [1.82, 2.24) is 10.3 Å². The fourth-order valence-corrected chi connectivity index (χ4v) is 2.91. The quantitative estimate of drug-likeness (QED) is 0.756. The Labute approximate surface area is 166 Å². The van der Waals surface area contributed by atoms with Crippen molar-refractivity contribution in [2.75, 3.05) is 18.4 Å². The first kappa shape index (κ1) is 22.2. The highest BCUT2D eigenvalue weighted by Crippen LogP contribution is 2.24. The normalized spacial score (nSPS) is 13.8. The number of amides is 1. The number of carbonyl (C=O) groups is 1. The fraction of sp³-hybridized carbons (Fsp3) is 0.368. The van der Waals surface area contributed by atoms with Crippen LogP contribution in [0.2, 0.25) is 0 Å². The molecule has 0 atom stereocenters. The number of halogens is 2. The Morgan fingerprint density at radius 2 is 1.85 bits per heavy atom. The van der Waals surface area contributed by atoms with Gasteiger partial charge in [0.15, 0.2) is 0 Å². The predicted molar refractivity (Wildman–Crippen MR) is 109 cm³/mol. The van der Waals surface area contributed by atoms with Crippen LogP contribution in [0.4, 0.5) is 5.69 Å². The van der Waals surface area contributed by atoms with Gasteiger partial charge in [-0.25, -0.2) is 0 Å². The predicted octanol–water partition coefficient (Wildman–Crippen LogP) is 4.44. The van der Waals surface area contributed by atoms with Gasteiger partial charge in [-0.2, -0.15) is 0 Å². The lowest BCUT2D eigenvalue weighted by Crippen LogP contribution is -2.28. The molecule has 0 radical (unpaired) electrons. The Bertz CT molecular complexity index is 665. The van der Waals surface area contributed by atoms with E-state index in [2.05, 4.69) is 15.6 Å². The van der Waals surface area contributed by atoms with E-state index in [1.165, 1.54) is 12.8 Å². The van der Waals surface area contributed by atoms with Crippen LogP contribution >= 0.6 is 24.8 Å². The molecule has 2 aromatic rings. The Kier molecular flexibility index (Phi) is 10.0. The number of carbonyl (C=O) groups excluding carboxylic acids is 1. The standard InChI is InChI=1S/C19H23N3O2.2ClH/c23-19(5-4-15-6-10-20-11-7-15)22-16-2-1-3-18(14-16)24-17-8-12-21-13-9-17;;/h1-3,8-9,12-15,20H,4-7,10-11H2,(H,22,23);2*1H. The van der Waals surface area contributed by atoms with Gasteiger partial charge in [-0.05, 0) is 62.5 Å². The summed E-state index contributed by atoms with van der Waals surface area (Å²) in [5, 5.41) is 6.31. The molecule has 5 nitrogen and oxygen atoms in total. The molecule has 1 saturated heterocycles. The van der Waals surface area contributed by atoms with E-state index in [-0.39, 0.29) is 30.7 Å². The van der Waals surface area contributed by atoms with Gasteiger partial charge in [-0.15, -0.1) is 24.8 Å². The maximum absolute atomic E-state index is 12.1. The van der Waals surface area contributed by atoms with Crippen molar-refractivity contribution in [2.24, 2.45) is 5.92 Å². The molecule has 1 aliphatic rings. The Balaban J connectivity index is 0.00000169. The molecular formula is C19H25Cl2N3O2. The summed E-state index contributed by atoms with van der Waals surface area (Å²) in [6.45, 7) is 2.14. The molecule has 1 amide bonds. The zero-order valence-electron chi connectivity index (χ0n) is 14.5. The van der Waals surface area contributed by atoms with Gasteiger partial charge in [0.1, 0.15) is 11.5 Å². The number of hydrogen-bond acceptors (Lipinski definition) is 4. The van der Waals surface area contributed by atoms with Crippen LogP contribution in [0.3, 0.4) is 0 Å². The third kappa shape index (κ3) is 7.20. The number of rotatable bonds is 6. The van der Waals surface area contributed by atoms with E-state index >= 15 is 0 Å². The zero-order chi connectivity index (χ0) is 16.6. The molecule has 142 valence electrons. The molecule has 1 aromatic heterocycles. The van der Waals surface area contributed by atoms with E-state index in [9.17, 15) is 4.79 Å². The van der Waals surface area contributed by atoms with Gasteiger partial charge in [0, 0.05) is 30.6 Å². The van der Waals surface area contributed by atoms with Crippen molar-refractivity contribution in [2.45, 2.75) is 25.7 Å². The van der Waals surface area contributed by atoms with Crippen LogP contribution in [0.1, 0.15) is 25.7 Å². The number of aromatic nitrogens is 1. The molecule has 2 heterocycles. The summed E-state index contributed by atoms with van der Waals surface area (Å²) in [6, 6.07) is 11.0. The van der Waals surface area contributed by atoms with Crippen LogP contribution in [0.25, 0.3) is 0 Å². The average molecular weight is 398 g/mol. The Morgan fingerprint density at radius 1 is 1.12 bits per heavy atom. The van der Waals surface area contributed by atoms with Crippen LogP contribution in [-0.4, -0.2) is 24.0 Å². The topological polar surface area (TPSA) is 63.2 Å². The lowest BCUT2D eigenvalue weighted by molar-refractivity contribution is -0.116. The smallest absolute Gasteiger partial charge is 0.224 e. The highest BCUT2D eigenvalue weighted by molar-refractivity contribution is 5.90. The fourth-order valence-electron chi connectivity index (χ4n) is 2.91. The van der Waals surface area contributed by atoms with Gasteiger partial charge in [0.25, 0.3) is 0 Å². The third-order valence-electron chi connectivity index (χ3n) is 4.24. The molecule has 0 spiro atoms. The van der Waals surface area contributed by atoms with Gasteiger partial charge in [-0.1, -0.05) is 6.07 Å². The SMILES string of the molecule is Cl.Cl.O=C(CCC1CCNCC1)Nc1cccc(Oc2ccncc2)c1. The summed E-state index contributed by atoms with van der Waals surface area (Å²) < 4.78 is 5.76.